The third-order valence-electron chi connectivity index (χ3n) is 2.38. The fourth-order valence-electron chi connectivity index (χ4n) is 1.53. The van der Waals surface area contributed by atoms with Crippen molar-refractivity contribution in [1.82, 2.24) is 0 Å². The van der Waals surface area contributed by atoms with Crippen LogP contribution in [0, 0.1) is 5.92 Å². The van der Waals surface area contributed by atoms with Crippen molar-refractivity contribution in [3.05, 3.63) is 28.2 Å². The van der Waals surface area contributed by atoms with Gasteiger partial charge in [-0.05, 0) is 24.1 Å². The van der Waals surface area contributed by atoms with Gasteiger partial charge in [-0.3, -0.25) is 0 Å². The highest BCUT2D eigenvalue weighted by atomic mass is 79.9. The smallest absolute Gasteiger partial charge is 0.384 e. The van der Waals surface area contributed by atoms with Crippen LogP contribution in [0.5, 0.6) is 0 Å². The van der Waals surface area contributed by atoms with Crippen LogP contribution in [-0.4, -0.2) is 20.3 Å². The zero-order chi connectivity index (χ0) is 13.8. The lowest BCUT2D eigenvalue weighted by molar-refractivity contribution is -0.137. The molecule has 0 saturated carbocycles. The number of hydrogen-bond donors (Lipinski definition) is 1. The molecule has 0 amide bonds. The molecule has 0 aliphatic carbocycles. The number of alkyl halides is 3. The molecule has 0 heterocycles. The molecule has 1 aromatic rings. The summed E-state index contributed by atoms with van der Waals surface area (Å²) < 4.78 is 43.8. The standard InChI is InChI=1S/C12H15BrF3NO/c1-8(7-18-2)6-17-11-4-3-9(13)5-10(11)12(14,15)16/h3-5,8,17H,6-7H2,1-2H3. The Kier molecular flexibility index (Phi) is 5.47. The Hall–Kier alpha value is -0.750. The van der Waals surface area contributed by atoms with E-state index >= 15 is 0 Å². The molecule has 1 atom stereocenters. The van der Waals surface area contributed by atoms with E-state index in [1.165, 1.54) is 6.07 Å². The van der Waals surface area contributed by atoms with Crippen LogP contribution in [0.25, 0.3) is 0 Å². The Balaban J connectivity index is 2.82. The van der Waals surface area contributed by atoms with Gasteiger partial charge in [0.15, 0.2) is 0 Å². The molecular weight excluding hydrogens is 311 g/mol. The SMILES string of the molecule is COCC(C)CNc1ccc(Br)cc1C(F)(F)F. The topological polar surface area (TPSA) is 21.3 Å². The fraction of sp³-hybridized carbons (Fsp3) is 0.500. The number of benzene rings is 1. The number of halogens is 4. The predicted molar refractivity (Wildman–Crippen MR) is 68.7 cm³/mol. The lowest BCUT2D eigenvalue weighted by Gasteiger charge is -2.17. The second-order valence-corrected chi connectivity index (χ2v) is 5.04. The summed E-state index contributed by atoms with van der Waals surface area (Å²) in [6.45, 7) is 2.84. The van der Waals surface area contributed by atoms with Crippen LogP contribution in [0.15, 0.2) is 22.7 Å². The van der Waals surface area contributed by atoms with E-state index in [-0.39, 0.29) is 11.6 Å². The van der Waals surface area contributed by atoms with Crippen molar-refractivity contribution in [2.75, 3.05) is 25.6 Å². The fourth-order valence-corrected chi connectivity index (χ4v) is 1.89. The Morgan fingerprint density at radius 3 is 2.61 bits per heavy atom. The quantitative estimate of drug-likeness (QED) is 0.877. The number of rotatable bonds is 5. The normalized spacial score (nSPS) is 13.4. The largest absolute Gasteiger partial charge is 0.418 e. The molecule has 0 saturated heterocycles. The van der Waals surface area contributed by atoms with Crippen LogP contribution in [0.4, 0.5) is 18.9 Å². The van der Waals surface area contributed by atoms with E-state index in [4.69, 9.17) is 4.74 Å². The highest BCUT2D eigenvalue weighted by Crippen LogP contribution is 2.36. The summed E-state index contributed by atoms with van der Waals surface area (Å²) in [4.78, 5) is 0. The molecule has 0 bridgehead atoms. The van der Waals surface area contributed by atoms with Crippen molar-refractivity contribution >= 4 is 21.6 Å². The third kappa shape index (κ3) is 4.49. The summed E-state index contributed by atoms with van der Waals surface area (Å²) in [7, 11) is 1.57. The highest BCUT2D eigenvalue weighted by molar-refractivity contribution is 9.10. The first-order valence-electron chi connectivity index (χ1n) is 5.44. The summed E-state index contributed by atoms with van der Waals surface area (Å²) in [6.07, 6.45) is -4.36. The maximum atomic E-state index is 12.8. The van der Waals surface area contributed by atoms with Crippen LogP contribution in [0.2, 0.25) is 0 Å². The van der Waals surface area contributed by atoms with E-state index in [1.807, 2.05) is 6.92 Å². The van der Waals surface area contributed by atoms with Crippen LogP contribution in [0.1, 0.15) is 12.5 Å². The van der Waals surface area contributed by atoms with Gasteiger partial charge in [-0.25, -0.2) is 0 Å². The van der Waals surface area contributed by atoms with Crippen LogP contribution < -0.4 is 5.32 Å². The van der Waals surface area contributed by atoms with Crippen molar-refractivity contribution in [3.63, 3.8) is 0 Å². The summed E-state index contributed by atoms with van der Waals surface area (Å²) in [5.74, 6) is 0.139. The number of anilines is 1. The van der Waals surface area contributed by atoms with Gasteiger partial charge in [-0.2, -0.15) is 13.2 Å². The lowest BCUT2D eigenvalue weighted by atomic mass is 10.1. The first-order chi connectivity index (χ1) is 8.34. The molecule has 0 spiro atoms. The Morgan fingerprint density at radius 2 is 2.06 bits per heavy atom. The molecule has 0 aliphatic rings. The zero-order valence-corrected chi connectivity index (χ0v) is 11.7. The van der Waals surface area contributed by atoms with Crippen molar-refractivity contribution in [3.8, 4) is 0 Å². The van der Waals surface area contributed by atoms with E-state index in [2.05, 4.69) is 21.2 Å². The molecule has 0 aromatic heterocycles. The van der Waals surface area contributed by atoms with Crippen molar-refractivity contribution in [2.24, 2.45) is 5.92 Å². The molecular formula is C12H15BrF3NO. The first-order valence-corrected chi connectivity index (χ1v) is 6.23. The summed E-state index contributed by atoms with van der Waals surface area (Å²) in [5.41, 5.74) is -0.574. The Labute approximate surface area is 113 Å². The monoisotopic (exact) mass is 325 g/mol. The van der Waals surface area contributed by atoms with Crippen molar-refractivity contribution in [2.45, 2.75) is 13.1 Å². The van der Waals surface area contributed by atoms with Crippen LogP contribution >= 0.6 is 15.9 Å². The second kappa shape index (κ2) is 6.43. The third-order valence-corrected chi connectivity index (χ3v) is 2.87. The predicted octanol–water partition coefficient (Wildman–Crippen LogP) is 4.16. The number of nitrogens with one attached hydrogen (secondary N) is 1. The number of ether oxygens (including phenoxy) is 1. The number of methoxy groups -OCH3 is 1. The molecule has 6 heteroatoms. The van der Waals surface area contributed by atoms with Gasteiger partial charge in [0, 0.05) is 23.8 Å². The molecule has 0 radical (unpaired) electrons. The zero-order valence-electron chi connectivity index (χ0n) is 10.1. The van der Waals surface area contributed by atoms with Crippen LogP contribution in [0.3, 0.4) is 0 Å². The van der Waals surface area contributed by atoms with E-state index < -0.39 is 11.7 Å². The first kappa shape index (κ1) is 15.3. The van der Waals surface area contributed by atoms with E-state index in [0.717, 1.165) is 6.07 Å². The van der Waals surface area contributed by atoms with Gasteiger partial charge in [0.25, 0.3) is 0 Å². The van der Waals surface area contributed by atoms with Crippen molar-refractivity contribution in [1.29, 1.82) is 0 Å². The van der Waals surface area contributed by atoms with E-state index in [0.29, 0.717) is 17.6 Å². The van der Waals surface area contributed by atoms with Crippen molar-refractivity contribution < 1.29 is 17.9 Å². The molecule has 2 nitrogen and oxygen atoms in total. The summed E-state index contributed by atoms with van der Waals surface area (Å²) in [5, 5.41) is 2.81. The molecule has 1 N–H and O–H groups in total. The highest BCUT2D eigenvalue weighted by Gasteiger charge is 2.33. The Morgan fingerprint density at radius 1 is 1.39 bits per heavy atom. The van der Waals surface area contributed by atoms with Crippen LogP contribution in [-0.2, 0) is 10.9 Å². The number of hydrogen-bond acceptors (Lipinski definition) is 2. The average Bonchev–Trinajstić information content (AvgIpc) is 2.26. The summed E-state index contributed by atoms with van der Waals surface area (Å²) >= 11 is 3.05. The maximum absolute atomic E-state index is 12.8. The molecule has 1 rings (SSSR count). The summed E-state index contributed by atoms with van der Waals surface area (Å²) in [6, 6.07) is 4.08. The lowest BCUT2D eigenvalue weighted by Crippen LogP contribution is -2.18. The average molecular weight is 326 g/mol. The van der Waals surface area contributed by atoms with Gasteiger partial charge in [0.2, 0.25) is 0 Å². The minimum absolute atomic E-state index is 0.0913. The minimum Gasteiger partial charge on any atom is -0.384 e. The van der Waals surface area contributed by atoms with Gasteiger partial charge in [0.05, 0.1) is 12.2 Å². The van der Waals surface area contributed by atoms with Gasteiger partial charge < -0.3 is 10.1 Å². The van der Waals surface area contributed by atoms with E-state index in [1.54, 1.807) is 13.2 Å². The Bertz CT molecular complexity index is 395. The molecule has 102 valence electrons. The maximum Gasteiger partial charge on any atom is 0.418 e. The van der Waals surface area contributed by atoms with Gasteiger partial charge in [0.1, 0.15) is 0 Å². The van der Waals surface area contributed by atoms with E-state index in [9.17, 15) is 13.2 Å². The minimum atomic E-state index is -4.36. The molecule has 18 heavy (non-hydrogen) atoms. The molecule has 0 aliphatic heterocycles. The van der Waals surface area contributed by atoms with Gasteiger partial charge >= 0.3 is 6.18 Å². The second-order valence-electron chi connectivity index (χ2n) is 4.13. The van der Waals surface area contributed by atoms with Gasteiger partial charge in [-0.15, -0.1) is 0 Å². The molecule has 1 unspecified atom stereocenters. The molecule has 1 aromatic carbocycles. The molecule has 0 fully saturated rings. The van der Waals surface area contributed by atoms with Gasteiger partial charge in [-0.1, -0.05) is 22.9 Å².